The van der Waals surface area contributed by atoms with Crippen molar-refractivity contribution in [3.05, 3.63) is 41.2 Å². The first-order valence-electron chi connectivity index (χ1n) is 6.12. The van der Waals surface area contributed by atoms with E-state index in [9.17, 15) is 4.79 Å². The Morgan fingerprint density at radius 2 is 2.16 bits per heavy atom. The molecule has 2 N–H and O–H groups in total. The van der Waals surface area contributed by atoms with Crippen molar-refractivity contribution < 1.29 is 9.53 Å². The second-order valence-electron chi connectivity index (χ2n) is 4.39. The molecule has 100 valence electrons. The average Bonchev–Trinajstić information content (AvgIpc) is 2.74. The minimum atomic E-state index is -0.496. The molecule has 0 aliphatic carbocycles. The van der Waals surface area contributed by atoms with Crippen LogP contribution in [0.15, 0.2) is 24.4 Å². The zero-order chi connectivity index (χ0) is 14.0. The lowest BCUT2D eigenvalue weighted by molar-refractivity contribution is 0.0520. The Kier molecular flexibility index (Phi) is 3.55. The van der Waals surface area contributed by atoms with Crippen molar-refractivity contribution >= 4 is 11.7 Å². The van der Waals surface area contributed by atoms with Gasteiger partial charge in [0.1, 0.15) is 0 Å². The van der Waals surface area contributed by atoms with Crippen molar-refractivity contribution in [2.24, 2.45) is 0 Å². The number of carbonyl (C=O) groups excluding carboxylic acids is 1. The summed E-state index contributed by atoms with van der Waals surface area (Å²) in [6.07, 6.45) is 1.63. The summed E-state index contributed by atoms with van der Waals surface area (Å²) in [5, 5.41) is 4.22. The molecule has 19 heavy (non-hydrogen) atoms. The molecule has 0 fully saturated rings. The van der Waals surface area contributed by atoms with E-state index in [1.54, 1.807) is 17.8 Å². The Labute approximate surface area is 112 Å². The normalized spacial score (nSPS) is 10.5. The fourth-order valence-corrected chi connectivity index (χ4v) is 1.84. The summed E-state index contributed by atoms with van der Waals surface area (Å²) in [7, 11) is 0. The van der Waals surface area contributed by atoms with Crippen LogP contribution in [0.1, 0.15) is 28.5 Å². The third kappa shape index (κ3) is 2.59. The Hall–Kier alpha value is -2.30. The van der Waals surface area contributed by atoms with Crippen LogP contribution in [0.3, 0.4) is 0 Å². The van der Waals surface area contributed by atoms with E-state index >= 15 is 0 Å². The van der Waals surface area contributed by atoms with Crippen molar-refractivity contribution in [1.29, 1.82) is 0 Å². The standard InChI is InChI=1S/C14H17N3O2/c1-4-19-14(18)13-11(15)8-17(16-13)12-7-9(2)5-6-10(12)3/h5-8H,4,15H2,1-3H3. The molecule has 1 aromatic heterocycles. The summed E-state index contributed by atoms with van der Waals surface area (Å²) >= 11 is 0. The van der Waals surface area contributed by atoms with Crippen molar-refractivity contribution in [3.63, 3.8) is 0 Å². The number of aryl methyl sites for hydroxylation is 2. The van der Waals surface area contributed by atoms with E-state index in [1.807, 2.05) is 32.0 Å². The van der Waals surface area contributed by atoms with E-state index in [-0.39, 0.29) is 5.69 Å². The van der Waals surface area contributed by atoms with Crippen LogP contribution in [-0.2, 0) is 4.74 Å². The van der Waals surface area contributed by atoms with Crippen LogP contribution in [0.2, 0.25) is 0 Å². The largest absolute Gasteiger partial charge is 0.461 e. The number of nitrogens with two attached hydrogens (primary N) is 1. The summed E-state index contributed by atoms with van der Waals surface area (Å²) < 4.78 is 6.53. The van der Waals surface area contributed by atoms with Gasteiger partial charge < -0.3 is 10.5 Å². The van der Waals surface area contributed by atoms with Crippen molar-refractivity contribution in [2.75, 3.05) is 12.3 Å². The Bertz CT molecular complexity index is 617. The van der Waals surface area contributed by atoms with Gasteiger partial charge in [-0.05, 0) is 38.0 Å². The lowest BCUT2D eigenvalue weighted by atomic mass is 10.1. The topological polar surface area (TPSA) is 70.1 Å². The van der Waals surface area contributed by atoms with Crippen LogP contribution in [0.4, 0.5) is 5.69 Å². The number of nitrogens with zero attached hydrogens (tertiary/aromatic N) is 2. The molecular formula is C14H17N3O2. The molecule has 0 unspecified atom stereocenters. The maximum atomic E-state index is 11.7. The molecule has 0 atom stereocenters. The summed E-state index contributed by atoms with van der Waals surface area (Å²) in [5.41, 5.74) is 9.37. The number of ether oxygens (including phenoxy) is 1. The van der Waals surface area contributed by atoms with Gasteiger partial charge in [0.15, 0.2) is 5.69 Å². The maximum absolute atomic E-state index is 11.7. The molecule has 1 aromatic carbocycles. The highest BCUT2D eigenvalue weighted by Gasteiger charge is 2.17. The van der Waals surface area contributed by atoms with Gasteiger partial charge in [0, 0.05) is 0 Å². The highest BCUT2D eigenvalue weighted by atomic mass is 16.5. The van der Waals surface area contributed by atoms with Crippen LogP contribution >= 0.6 is 0 Å². The number of hydrogen-bond acceptors (Lipinski definition) is 4. The lowest BCUT2D eigenvalue weighted by Crippen LogP contribution is -2.08. The van der Waals surface area contributed by atoms with E-state index in [0.29, 0.717) is 12.3 Å². The molecule has 5 heteroatoms. The average molecular weight is 259 g/mol. The maximum Gasteiger partial charge on any atom is 0.361 e. The molecule has 0 aliphatic rings. The second-order valence-corrected chi connectivity index (χ2v) is 4.39. The summed E-state index contributed by atoms with van der Waals surface area (Å²) in [6.45, 7) is 6.03. The number of hydrogen-bond donors (Lipinski definition) is 1. The number of nitrogen functional groups attached to an aromatic ring is 1. The van der Waals surface area contributed by atoms with Gasteiger partial charge in [-0.1, -0.05) is 12.1 Å². The fraction of sp³-hybridized carbons (Fsp3) is 0.286. The minimum Gasteiger partial charge on any atom is -0.461 e. The molecule has 0 bridgehead atoms. The summed E-state index contributed by atoms with van der Waals surface area (Å²) in [5.74, 6) is -0.496. The quantitative estimate of drug-likeness (QED) is 0.858. The summed E-state index contributed by atoms with van der Waals surface area (Å²) in [4.78, 5) is 11.7. The second kappa shape index (κ2) is 5.14. The van der Waals surface area contributed by atoms with Crippen LogP contribution < -0.4 is 5.73 Å². The first kappa shape index (κ1) is 13.1. The third-order valence-electron chi connectivity index (χ3n) is 2.82. The van der Waals surface area contributed by atoms with Gasteiger partial charge in [-0.3, -0.25) is 0 Å². The molecule has 0 saturated heterocycles. The molecule has 0 spiro atoms. The molecule has 1 heterocycles. The number of rotatable bonds is 3. The zero-order valence-electron chi connectivity index (χ0n) is 11.3. The van der Waals surface area contributed by atoms with Crippen LogP contribution in [0.5, 0.6) is 0 Å². The van der Waals surface area contributed by atoms with E-state index in [0.717, 1.165) is 16.8 Å². The minimum absolute atomic E-state index is 0.155. The van der Waals surface area contributed by atoms with E-state index in [2.05, 4.69) is 5.10 Å². The van der Waals surface area contributed by atoms with Gasteiger partial charge in [-0.25, -0.2) is 9.48 Å². The number of carbonyl (C=O) groups is 1. The first-order chi connectivity index (χ1) is 9.02. The number of aromatic nitrogens is 2. The van der Waals surface area contributed by atoms with Gasteiger partial charge in [-0.15, -0.1) is 0 Å². The number of anilines is 1. The van der Waals surface area contributed by atoms with Gasteiger partial charge >= 0.3 is 5.97 Å². The van der Waals surface area contributed by atoms with Gasteiger partial charge in [0.25, 0.3) is 0 Å². The van der Waals surface area contributed by atoms with Gasteiger partial charge in [0.2, 0.25) is 0 Å². The van der Waals surface area contributed by atoms with Crippen LogP contribution in [-0.4, -0.2) is 22.4 Å². The van der Waals surface area contributed by atoms with Gasteiger partial charge in [-0.2, -0.15) is 5.10 Å². The SMILES string of the molecule is CCOC(=O)c1nn(-c2cc(C)ccc2C)cc1N. The van der Waals surface area contributed by atoms with E-state index in [1.165, 1.54) is 0 Å². The predicted octanol–water partition coefficient (Wildman–Crippen LogP) is 2.25. The smallest absolute Gasteiger partial charge is 0.361 e. The molecule has 0 saturated carbocycles. The zero-order valence-corrected chi connectivity index (χ0v) is 11.3. The molecule has 2 aromatic rings. The van der Waals surface area contributed by atoms with Crippen LogP contribution in [0, 0.1) is 13.8 Å². The lowest BCUT2D eigenvalue weighted by Gasteiger charge is -2.06. The number of esters is 1. The molecule has 0 amide bonds. The first-order valence-corrected chi connectivity index (χ1v) is 6.12. The molecule has 5 nitrogen and oxygen atoms in total. The highest BCUT2D eigenvalue weighted by molar-refractivity contribution is 5.92. The van der Waals surface area contributed by atoms with Crippen LogP contribution in [0.25, 0.3) is 5.69 Å². The Morgan fingerprint density at radius 1 is 1.42 bits per heavy atom. The molecule has 0 aliphatic heterocycles. The van der Waals surface area contributed by atoms with Crippen molar-refractivity contribution in [3.8, 4) is 5.69 Å². The molecule has 2 rings (SSSR count). The predicted molar refractivity (Wildman–Crippen MR) is 73.4 cm³/mol. The third-order valence-corrected chi connectivity index (χ3v) is 2.82. The van der Waals surface area contributed by atoms with Crippen molar-refractivity contribution in [1.82, 2.24) is 9.78 Å². The number of benzene rings is 1. The highest BCUT2D eigenvalue weighted by Crippen LogP contribution is 2.19. The van der Waals surface area contributed by atoms with Gasteiger partial charge in [0.05, 0.1) is 24.2 Å². The monoisotopic (exact) mass is 259 g/mol. The van der Waals surface area contributed by atoms with E-state index in [4.69, 9.17) is 10.5 Å². The summed E-state index contributed by atoms with van der Waals surface area (Å²) in [6, 6.07) is 6.03. The Morgan fingerprint density at radius 3 is 2.84 bits per heavy atom. The molecule has 0 radical (unpaired) electrons. The Balaban J connectivity index is 2.44. The van der Waals surface area contributed by atoms with Crippen molar-refractivity contribution in [2.45, 2.75) is 20.8 Å². The van der Waals surface area contributed by atoms with E-state index < -0.39 is 5.97 Å². The fourth-order valence-electron chi connectivity index (χ4n) is 1.84. The molecular weight excluding hydrogens is 242 g/mol.